The standard InChI is InChI=1S/C18H24FN5O/c1-13(2)17(23-11-20-21-12-23)18(25)24-8-7-22(10-14(24)3)16-6-4-5-15(19)9-16/h4-6,9,11-14,17H,7-8,10H2,1-3H3. The van der Waals surface area contributed by atoms with Gasteiger partial charge in [0.15, 0.2) is 0 Å². The molecule has 0 saturated carbocycles. The number of carbonyl (C=O) groups is 1. The minimum atomic E-state index is -0.307. The van der Waals surface area contributed by atoms with E-state index in [-0.39, 0.29) is 29.7 Å². The zero-order valence-electron chi connectivity index (χ0n) is 14.8. The van der Waals surface area contributed by atoms with Gasteiger partial charge in [-0.2, -0.15) is 0 Å². The number of anilines is 1. The monoisotopic (exact) mass is 345 g/mol. The zero-order chi connectivity index (χ0) is 18.0. The van der Waals surface area contributed by atoms with E-state index < -0.39 is 0 Å². The topological polar surface area (TPSA) is 54.3 Å². The summed E-state index contributed by atoms with van der Waals surface area (Å²) in [7, 11) is 0. The molecule has 0 radical (unpaired) electrons. The molecule has 1 fully saturated rings. The molecule has 2 heterocycles. The third kappa shape index (κ3) is 3.65. The number of amides is 1. The van der Waals surface area contributed by atoms with Crippen molar-refractivity contribution in [3.05, 3.63) is 42.7 Å². The summed E-state index contributed by atoms with van der Waals surface area (Å²) in [4.78, 5) is 17.2. The van der Waals surface area contributed by atoms with Crippen molar-refractivity contribution in [2.45, 2.75) is 32.9 Å². The van der Waals surface area contributed by atoms with Crippen molar-refractivity contribution in [1.29, 1.82) is 0 Å². The number of carbonyl (C=O) groups excluding carboxylic acids is 1. The first-order valence-electron chi connectivity index (χ1n) is 8.62. The van der Waals surface area contributed by atoms with Gasteiger partial charge in [0.2, 0.25) is 5.91 Å². The summed E-state index contributed by atoms with van der Waals surface area (Å²) in [5.41, 5.74) is 0.859. The Labute approximate surface area is 147 Å². The average molecular weight is 345 g/mol. The van der Waals surface area contributed by atoms with Gasteiger partial charge in [-0.1, -0.05) is 19.9 Å². The van der Waals surface area contributed by atoms with Gasteiger partial charge in [0.05, 0.1) is 0 Å². The Morgan fingerprint density at radius 3 is 2.56 bits per heavy atom. The molecule has 0 spiro atoms. The lowest BCUT2D eigenvalue weighted by molar-refractivity contribution is -0.138. The maximum Gasteiger partial charge on any atom is 0.246 e. The molecule has 1 amide bonds. The van der Waals surface area contributed by atoms with Crippen molar-refractivity contribution in [1.82, 2.24) is 19.7 Å². The predicted octanol–water partition coefficient (Wildman–Crippen LogP) is 2.35. The van der Waals surface area contributed by atoms with E-state index in [0.717, 1.165) is 5.69 Å². The van der Waals surface area contributed by atoms with E-state index in [4.69, 9.17) is 0 Å². The molecule has 0 N–H and O–H groups in total. The van der Waals surface area contributed by atoms with Gasteiger partial charge in [-0.05, 0) is 31.0 Å². The van der Waals surface area contributed by atoms with Crippen LogP contribution in [0.4, 0.5) is 10.1 Å². The predicted molar refractivity (Wildman–Crippen MR) is 93.7 cm³/mol. The van der Waals surface area contributed by atoms with Crippen LogP contribution in [0.5, 0.6) is 0 Å². The molecule has 6 nitrogen and oxygen atoms in total. The highest BCUT2D eigenvalue weighted by molar-refractivity contribution is 5.81. The first-order valence-corrected chi connectivity index (χ1v) is 8.62. The molecule has 2 atom stereocenters. The van der Waals surface area contributed by atoms with Crippen LogP contribution in [0.1, 0.15) is 26.8 Å². The van der Waals surface area contributed by atoms with E-state index in [9.17, 15) is 9.18 Å². The molecule has 2 aromatic rings. The second-order valence-corrected chi connectivity index (χ2v) is 6.90. The largest absolute Gasteiger partial charge is 0.368 e. The number of benzene rings is 1. The molecule has 1 aromatic heterocycles. The van der Waals surface area contributed by atoms with Crippen LogP contribution in [0, 0.1) is 11.7 Å². The lowest BCUT2D eigenvalue weighted by Gasteiger charge is -2.42. The fraction of sp³-hybridized carbons (Fsp3) is 0.500. The number of rotatable bonds is 4. The van der Waals surface area contributed by atoms with Crippen molar-refractivity contribution in [3.63, 3.8) is 0 Å². The van der Waals surface area contributed by atoms with E-state index in [1.165, 1.54) is 12.1 Å². The molecule has 134 valence electrons. The summed E-state index contributed by atoms with van der Waals surface area (Å²) in [5.74, 6) is -0.0192. The molecule has 1 aliphatic heterocycles. The number of piperazine rings is 1. The van der Waals surface area contributed by atoms with Crippen LogP contribution in [0.3, 0.4) is 0 Å². The van der Waals surface area contributed by atoms with Crippen molar-refractivity contribution in [3.8, 4) is 0 Å². The van der Waals surface area contributed by atoms with Gasteiger partial charge in [0, 0.05) is 31.4 Å². The number of halogens is 1. The number of hydrogen-bond acceptors (Lipinski definition) is 4. The average Bonchev–Trinajstić information content (AvgIpc) is 3.08. The zero-order valence-corrected chi connectivity index (χ0v) is 14.8. The smallest absolute Gasteiger partial charge is 0.246 e. The Morgan fingerprint density at radius 1 is 1.24 bits per heavy atom. The third-order valence-electron chi connectivity index (χ3n) is 4.73. The second-order valence-electron chi connectivity index (χ2n) is 6.90. The van der Waals surface area contributed by atoms with Crippen molar-refractivity contribution in [2.75, 3.05) is 24.5 Å². The van der Waals surface area contributed by atoms with Crippen molar-refractivity contribution in [2.24, 2.45) is 5.92 Å². The minimum absolute atomic E-state index is 0.0437. The van der Waals surface area contributed by atoms with E-state index in [1.807, 2.05) is 31.7 Å². The molecule has 25 heavy (non-hydrogen) atoms. The van der Waals surface area contributed by atoms with Crippen LogP contribution in [-0.2, 0) is 4.79 Å². The van der Waals surface area contributed by atoms with Gasteiger partial charge in [-0.25, -0.2) is 4.39 Å². The molecule has 0 bridgehead atoms. The number of nitrogens with zero attached hydrogens (tertiary/aromatic N) is 5. The SMILES string of the molecule is CC(C)C(C(=O)N1CCN(c2cccc(F)c2)CC1C)n1cnnc1. The van der Waals surface area contributed by atoms with E-state index in [1.54, 1.807) is 23.3 Å². The first-order chi connectivity index (χ1) is 12.0. The Hall–Kier alpha value is -2.44. The molecule has 1 aliphatic rings. The Kier molecular flexibility index (Phi) is 5.01. The maximum absolute atomic E-state index is 13.5. The van der Waals surface area contributed by atoms with Crippen LogP contribution in [0.15, 0.2) is 36.9 Å². The summed E-state index contributed by atoms with van der Waals surface area (Å²) in [5, 5.41) is 7.66. The van der Waals surface area contributed by atoms with E-state index in [2.05, 4.69) is 15.1 Å². The van der Waals surface area contributed by atoms with Crippen LogP contribution >= 0.6 is 0 Å². The molecule has 2 unspecified atom stereocenters. The first kappa shape index (κ1) is 17.4. The quantitative estimate of drug-likeness (QED) is 0.854. The summed E-state index contributed by atoms with van der Waals surface area (Å²) in [6.45, 7) is 8.07. The van der Waals surface area contributed by atoms with Gasteiger partial charge < -0.3 is 14.4 Å². The van der Waals surface area contributed by atoms with Crippen LogP contribution in [0.2, 0.25) is 0 Å². The van der Waals surface area contributed by atoms with Gasteiger partial charge in [-0.15, -0.1) is 10.2 Å². The van der Waals surface area contributed by atoms with Crippen LogP contribution in [0.25, 0.3) is 0 Å². The van der Waals surface area contributed by atoms with Crippen molar-refractivity contribution >= 4 is 11.6 Å². The Balaban J connectivity index is 1.73. The van der Waals surface area contributed by atoms with Gasteiger partial charge in [-0.3, -0.25) is 4.79 Å². The third-order valence-corrected chi connectivity index (χ3v) is 4.73. The molecule has 7 heteroatoms. The van der Waals surface area contributed by atoms with Gasteiger partial charge in [0.25, 0.3) is 0 Å². The molecule has 1 aromatic carbocycles. The fourth-order valence-electron chi connectivity index (χ4n) is 3.47. The molecule has 1 saturated heterocycles. The number of hydrogen-bond donors (Lipinski definition) is 0. The molecule has 3 rings (SSSR count). The summed E-state index contributed by atoms with van der Waals surface area (Å²) < 4.78 is 15.2. The van der Waals surface area contributed by atoms with Crippen LogP contribution in [-0.4, -0.2) is 51.2 Å². The maximum atomic E-state index is 13.5. The Bertz CT molecular complexity index is 718. The molecule has 0 aliphatic carbocycles. The highest BCUT2D eigenvalue weighted by atomic mass is 19.1. The Morgan fingerprint density at radius 2 is 1.96 bits per heavy atom. The van der Waals surface area contributed by atoms with E-state index in [0.29, 0.717) is 19.6 Å². The fourth-order valence-corrected chi connectivity index (χ4v) is 3.47. The summed E-state index contributed by atoms with van der Waals surface area (Å²) in [6.07, 6.45) is 3.19. The van der Waals surface area contributed by atoms with Gasteiger partial charge in [0.1, 0.15) is 24.5 Å². The second kappa shape index (κ2) is 7.21. The lowest BCUT2D eigenvalue weighted by Crippen LogP contribution is -2.56. The number of aromatic nitrogens is 3. The van der Waals surface area contributed by atoms with E-state index >= 15 is 0 Å². The molecular formula is C18H24FN5O. The van der Waals surface area contributed by atoms with Crippen molar-refractivity contribution < 1.29 is 9.18 Å². The molecular weight excluding hydrogens is 321 g/mol. The summed E-state index contributed by atoms with van der Waals surface area (Å²) in [6, 6.07) is 6.34. The normalized spacial score (nSPS) is 19.3. The lowest BCUT2D eigenvalue weighted by atomic mass is 10.0. The summed E-state index contributed by atoms with van der Waals surface area (Å²) >= 11 is 0. The highest BCUT2D eigenvalue weighted by Gasteiger charge is 2.34. The minimum Gasteiger partial charge on any atom is -0.368 e. The van der Waals surface area contributed by atoms with Crippen LogP contribution < -0.4 is 4.90 Å². The highest BCUT2D eigenvalue weighted by Crippen LogP contribution is 2.25. The van der Waals surface area contributed by atoms with Gasteiger partial charge >= 0.3 is 0 Å².